The predicted octanol–water partition coefficient (Wildman–Crippen LogP) is 6.51. The van der Waals surface area contributed by atoms with E-state index in [-0.39, 0.29) is 54.4 Å². The van der Waals surface area contributed by atoms with Crippen LogP contribution in [0.1, 0.15) is 134 Å². The fourth-order valence-electron chi connectivity index (χ4n) is 8.21. The molecule has 0 radical (unpaired) electrons. The maximum absolute atomic E-state index is 13.0. The Morgan fingerprint density at radius 1 is 0.889 bits per heavy atom. The first kappa shape index (κ1) is 45.3. The Bertz CT molecular complexity index is 2240. The molecule has 2 fully saturated rings. The smallest absolute Gasteiger partial charge is 0.272 e. The highest BCUT2D eigenvalue weighted by molar-refractivity contribution is 7.99. The van der Waals surface area contributed by atoms with Crippen molar-refractivity contribution in [3.8, 4) is 0 Å². The van der Waals surface area contributed by atoms with Gasteiger partial charge < -0.3 is 26.2 Å². The second-order valence-electron chi connectivity index (χ2n) is 17.2. The number of amides is 5. The lowest BCUT2D eigenvalue weighted by molar-refractivity contribution is -0.137. The van der Waals surface area contributed by atoms with Gasteiger partial charge in [0.25, 0.3) is 11.8 Å². The van der Waals surface area contributed by atoms with Crippen molar-refractivity contribution in [3.63, 3.8) is 0 Å². The topological polar surface area (TPSA) is 205 Å². The fraction of sp³-hybridized carbons (Fsp3) is 0.468. The molecule has 16 heteroatoms. The van der Waals surface area contributed by atoms with Crippen LogP contribution in [0.25, 0.3) is 0 Å². The summed E-state index contributed by atoms with van der Waals surface area (Å²) in [5, 5.41) is 17.5. The highest BCUT2D eigenvalue weighted by atomic mass is 32.2. The summed E-state index contributed by atoms with van der Waals surface area (Å²) in [6, 6.07) is 16.1. The van der Waals surface area contributed by atoms with E-state index in [9.17, 15) is 24.0 Å². The molecule has 7 rings (SSSR count). The van der Waals surface area contributed by atoms with Gasteiger partial charge in [0.15, 0.2) is 5.69 Å². The summed E-state index contributed by atoms with van der Waals surface area (Å²) in [6.07, 6.45) is 17.2. The summed E-state index contributed by atoms with van der Waals surface area (Å²) >= 11 is 1.53. The standard InChI is InChI=1S/C47H58N10O5S/c1-47(48)22-24-56(25-23-47)40-29-50-43(30-49-40)63-36-14-11-13-35(27-36)52-41(58)15-10-8-6-4-2-3-5-7-9-12-34-17-19-38(55-54-34)44(60)51-28-32-16-18-37-33(26-32)31-57(46(37)62)39-20-21-42(59)53-45(39)61/h11,13-14,16-19,26-27,29-30,39H,2-10,12,15,20-25,28,31,48H2,1H3,(H,51,60)(H,52,58)(H,53,59,61). The van der Waals surface area contributed by atoms with Gasteiger partial charge in [-0.15, -0.1) is 5.10 Å². The predicted molar refractivity (Wildman–Crippen MR) is 241 cm³/mol. The number of hydrogen-bond donors (Lipinski definition) is 4. The number of unbranched alkanes of at least 4 members (excludes halogenated alkanes) is 8. The van der Waals surface area contributed by atoms with Crippen molar-refractivity contribution in [1.29, 1.82) is 0 Å². The summed E-state index contributed by atoms with van der Waals surface area (Å²) in [7, 11) is 0. The Morgan fingerprint density at radius 2 is 1.65 bits per heavy atom. The van der Waals surface area contributed by atoms with Crippen molar-refractivity contribution in [2.45, 2.75) is 138 Å². The molecule has 15 nitrogen and oxygen atoms in total. The Hall–Kier alpha value is -5.74. The van der Waals surface area contributed by atoms with Crippen molar-refractivity contribution >= 4 is 52.8 Å². The first-order valence-electron chi connectivity index (χ1n) is 22.3. The summed E-state index contributed by atoms with van der Waals surface area (Å²) in [6.45, 7) is 4.40. The maximum Gasteiger partial charge on any atom is 0.272 e. The van der Waals surface area contributed by atoms with Crippen molar-refractivity contribution in [2.75, 3.05) is 23.3 Å². The quantitative estimate of drug-likeness (QED) is 0.0554. The number of aromatic nitrogens is 4. The number of benzene rings is 2. The lowest BCUT2D eigenvalue weighted by Crippen LogP contribution is -2.52. The second kappa shape index (κ2) is 21.6. The van der Waals surface area contributed by atoms with E-state index in [2.05, 4.69) is 47.9 Å². The highest BCUT2D eigenvalue weighted by Gasteiger charge is 2.39. The van der Waals surface area contributed by atoms with Gasteiger partial charge in [-0.2, -0.15) is 5.10 Å². The molecule has 0 spiro atoms. The van der Waals surface area contributed by atoms with E-state index in [4.69, 9.17) is 5.73 Å². The van der Waals surface area contributed by atoms with Crippen molar-refractivity contribution in [1.82, 2.24) is 35.7 Å². The first-order chi connectivity index (χ1) is 30.5. The number of piperidine rings is 2. The molecule has 63 heavy (non-hydrogen) atoms. The van der Waals surface area contributed by atoms with Crippen LogP contribution < -0.4 is 26.6 Å². The molecule has 0 bridgehead atoms. The average Bonchev–Trinajstić information content (AvgIpc) is 3.60. The third kappa shape index (κ3) is 12.9. The minimum absolute atomic E-state index is 0.0362. The van der Waals surface area contributed by atoms with Gasteiger partial charge >= 0.3 is 0 Å². The van der Waals surface area contributed by atoms with Gasteiger partial charge in [-0.3, -0.25) is 29.3 Å². The molecule has 1 unspecified atom stereocenters. The van der Waals surface area contributed by atoms with Crippen LogP contribution in [0.2, 0.25) is 0 Å². The molecular formula is C47H58N10O5S. The molecule has 0 aliphatic carbocycles. The number of nitrogens with one attached hydrogen (secondary N) is 3. The number of imide groups is 1. The van der Waals surface area contributed by atoms with Gasteiger partial charge in [-0.05, 0) is 93.0 Å². The molecule has 3 aliphatic rings. The Kier molecular flexibility index (Phi) is 15.5. The van der Waals surface area contributed by atoms with E-state index in [1.165, 1.54) is 35.9 Å². The lowest BCUT2D eigenvalue weighted by Gasteiger charge is -2.37. The van der Waals surface area contributed by atoms with Gasteiger partial charge in [-0.25, -0.2) is 9.97 Å². The number of fused-ring (bicyclic) bond motifs is 1. The third-order valence-electron chi connectivity index (χ3n) is 12.0. The Morgan fingerprint density at radius 3 is 2.37 bits per heavy atom. The number of nitrogens with zero attached hydrogens (tertiary/aromatic N) is 6. The van der Waals surface area contributed by atoms with Crippen molar-refractivity contribution < 1.29 is 24.0 Å². The normalized spacial score (nSPS) is 17.0. The minimum Gasteiger partial charge on any atom is -0.355 e. The number of rotatable bonds is 20. The molecule has 1 atom stereocenters. The number of carbonyl (C=O) groups excluding carboxylic acids is 5. The molecular weight excluding hydrogens is 817 g/mol. The van der Waals surface area contributed by atoms with Gasteiger partial charge in [0.05, 0.1) is 18.1 Å². The zero-order valence-corrected chi connectivity index (χ0v) is 36.9. The largest absolute Gasteiger partial charge is 0.355 e. The summed E-state index contributed by atoms with van der Waals surface area (Å²) in [5.74, 6) is -0.415. The summed E-state index contributed by atoms with van der Waals surface area (Å²) in [4.78, 5) is 76.3. The van der Waals surface area contributed by atoms with E-state index in [0.717, 1.165) is 109 Å². The first-order valence-corrected chi connectivity index (χ1v) is 23.1. The molecule has 4 aromatic rings. The van der Waals surface area contributed by atoms with Crippen molar-refractivity contribution in [2.24, 2.45) is 5.73 Å². The molecule has 332 valence electrons. The highest BCUT2D eigenvalue weighted by Crippen LogP contribution is 2.30. The summed E-state index contributed by atoms with van der Waals surface area (Å²) < 4.78 is 0. The monoisotopic (exact) mass is 874 g/mol. The van der Waals surface area contributed by atoms with Crippen LogP contribution in [0, 0.1) is 0 Å². The number of hydrogen-bond acceptors (Lipinski definition) is 12. The average molecular weight is 875 g/mol. The number of anilines is 2. The lowest BCUT2D eigenvalue weighted by atomic mass is 9.91. The number of aryl methyl sites for hydroxylation is 1. The van der Waals surface area contributed by atoms with Crippen LogP contribution in [-0.2, 0) is 33.9 Å². The van der Waals surface area contributed by atoms with Gasteiger partial charge in [0.2, 0.25) is 17.7 Å². The molecule has 2 aromatic carbocycles. The van der Waals surface area contributed by atoms with E-state index < -0.39 is 11.9 Å². The van der Waals surface area contributed by atoms with E-state index in [1.54, 1.807) is 24.4 Å². The second-order valence-corrected chi connectivity index (χ2v) is 18.3. The van der Waals surface area contributed by atoms with Gasteiger partial charge in [-0.1, -0.05) is 74.9 Å². The third-order valence-corrected chi connectivity index (χ3v) is 12.9. The zero-order chi connectivity index (χ0) is 44.2. The molecule has 2 saturated heterocycles. The van der Waals surface area contributed by atoms with Crippen LogP contribution in [-0.4, -0.2) is 79.3 Å². The van der Waals surface area contributed by atoms with E-state index in [0.29, 0.717) is 18.4 Å². The molecule has 3 aliphatic heterocycles. The van der Waals surface area contributed by atoms with E-state index >= 15 is 0 Å². The van der Waals surface area contributed by atoms with Crippen LogP contribution in [0.4, 0.5) is 11.5 Å². The van der Waals surface area contributed by atoms with Crippen LogP contribution in [0.5, 0.6) is 0 Å². The maximum atomic E-state index is 13.0. The van der Waals surface area contributed by atoms with Gasteiger partial charge in [0, 0.05) is 60.7 Å². The van der Waals surface area contributed by atoms with Crippen LogP contribution >= 0.6 is 11.8 Å². The molecule has 0 saturated carbocycles. The van der Waals surface area contributed by atoms with Crippen molar-refractivity contribution in [3.05, 3.63) is 95.1 Å². The van der Waals surface area contributed by atoms with Gasteiger partial charge in [0.1, 0.15) is 16.9 Å². The SMILES string of the molecule is CC1(N)CCN(c2cnc(Sc3cccc(NC(=O)CCCCCCCCCCCc4ccc(C(=O)NCc5ccc6c(c5)CN(C5CCC(=O)NC5=O)C6=O)nn4)c3)cn2)CC1. The summed E-state index contributed by atoms with van der Waals surface area (Å²) in [5.41, 5.74) is 10.2. The Labute approximate surface area is 373 Å². The molecule has 5 heterocycles. The number of nitrogens with two attached hydrogens (primary N) is 1. The van der Waals surface area contributed by atoms with Crippen LogP contribution in [0.15, 0.2) is 76.9 Å². The number of carbonyl (C=O) groups is 5. The van der Waals surface area contributed by atoms with E-state index in [1.807, 2.05) is 42.6 Å². The molecule has 2 aromatic heterocycles. The fourth-order valence-corrected chi connectivity index (χ4v) is 8.99. The Balaban J connectivity index is 0.702. The zero-order valence-electron chi connectivity index (χ0n) is 36.1. The van der Waals surface area contributed by atoms with Crippen LogP contribution in [0.3, 0.4) is 0 Å². The molecule has 5 amide bonds. The molecule has 5 N–H and O–H groups in total. The minimum atomic E-state index is -0.668.